The molecule has 0 heterocycles. The van der Waals surface area contributed by atoms with Crippen molar-refractivity contribution in [1.82, 2.24) is 0 Å². The Labute approximate surface area is 103 Å². The van der Waals surface area contributed by atoms with Gasteiger partial charge in [-0.2, -0.15) is 0 Å². The molecule has 0 aliphatic rings. The van der Waals surface area contributed by atoms with Gasteiger partial charge in [0, 0.05) is 0 Å². The molecule has 0 bridgehead atoms. The highest BCUT2D eigenvalue weighted by Crippen LogP contribution is 2.20. The second kappa shape index (κ2) is 9.04. The van der Waals surface area contributed by atoms with Crippen molar-refractivity contribution in [3.05, 3.63) is 0 Å². The Hall–Kier alpha value is -0.0400. The highest BCUT2D eigenvalue weighted by molar-refractivity contribution is 4.65. The van der Waals surface area contributed by atoms with Crippen molar-refractivity contribution in [3.63, 3.8) is 0 Å². The minimum Gasteiger partial charge on any atom is -0.393 e. The lowest BCUT2D eigenvalue weighted by molar-refractivity contribution is 0.116. The molecule has 1 nitrogen and oxygen atoms in total. The average molecular weight is 228 g/mol. The quantitative estimate of drug-likeness (QED) is 0.609. The zero-order valence-electron chi connectivity index (χ0n) is 12.0. The van der Waals surface area contributed by atoms with E-state index in [9.17, 15) is 5.11 Å². The maximum absolute atomic E-state index is 9.93. The van der Waals surface area contributed by atoms with Crippen molar-refractivity contribution in [3.8, 4) is 0 Å². The highest BCUT2D eigenvalue weighted by Gasteiger charge is 2.13. The summed E-state index contributed by atoms with van der Waals surface area (Å²) >= 11 is 0. The first-order valence-corrected chi connectivity index (χ1v) is 7.13. The van der Waals surface area contributed by atoms with Crippen LogP contribution in [0.25, 0.3) is 0 Å². The molecule has 1 N–H and O–H groups in total. The minimum absolute atomic E-state index is 0.0796. The summed E-state index contributed by atoms with van der Waals surface area (Å²) in [4.78, 5) is 0. The third-order valence-corrected chi connectivity index (χ3v) is 3.52. The van der Waals surface area contributed by atoms with Crippen LogP contribution in [0, 0.1) is 17.8 Å². The Morgan fingerprint density at radius 2 is 1.44 bits per heavy atom. The van der Waals surface area contributed by atoms with E-state index in [4.69, 9.17) is 0 Å². The monoisotopic (exact) mass is 228 g/mol. The fraction of sp³-hybridized carbons (Fsp3) is 1.00. The molecule has 0 aromatic rings. The van der Waals surface area contributed by atoms with Gasteiger partial charge in [0.2, 0.25) is 0 Å². The van der Waals surface area contributed by atoms with Gasteiger partial charge >= 0.3 is 0 Å². The van der Waals surface area contributed by atoms with Gasteiger partial charge in [0.25, 0.3) is 0 Å². The first-order valence-electron chi connectivity index (χ1n) is 7.13. The number of hydrogen-bond donors (Lipinski definition) is 1. The van der Waals surface area contributed by atoms with Crippen molar-refractivity contribution < 1.29 is 5.11 Å². The van der Waals surface area contributed by atoms with Crippen molar-refractivity contribution >= 4 is 0 Å². The molecule has 0 unspecified atom stereocenters. The summed E-state index contributed by atoms with van der Waals surface area (Å²) in [5, 5.41) is 9.93. The molecular weight excluding hydrogens is 196 g/mol. The first kappa shape index (κ1) is 16.0. The standard InChI is InChI=1S/C15H32O/c1-6-13(4)10-15(16)11-14(5)9-7-8-12(2)3/h12-16H,6-11H2,1-5H3/t13-,14-,15-/m0/s1. The van der Waals surface area contributed by atoms with E-state index in [1.54, 1.807) is 0 Å². The molecule has 0 amide bonds. The van der Waals surface area contributed by atoms with Crippen LogP contribution in [0.5, 0.6) is 0 Å². The van der Waals surface area contributed by atoms with E-state index in [0.717, 1.165) is 18.8 Å². The summed E-state index contributed by atoms with van der Waals surface area (Å²) in [6, 6.07) is 0. The smallest absolute Gasteiger partial charge is 0.0545 e. The molecule has 0 spiro atoms. The van der Waals surface area contributed by atoms with Crippen LogP contribution >= 0.6 is 0 Å². The average Bonchev–Trinajstić information content (AvgIpc) is 2.16. The molecular formula is C15H32O. The van der Waals surface area contributed by atoms with Gasteiger partial charge in [-0.05, 0) is 30.6 Å². The number of aliphatic hydroxyl groups excluding tert-OH is 1. The Bertz CT molecular complexity index is 154. The molecule has 0 radical (unpaired) electrons. The van der Waals surface area contributed by atoms with Gasteiger partial charge in [-0.1, -0.05) is 60.3 Å². The fourth-order valence-electron chi connectivity index (χ4n) is 2.18. The van der Waals surface area contributed by atoms with Crippen LogP contribution < -0.4 is 0 Å². The van der Waals surface area contributed by atoms with Crippen LogP contribution in [-0.4, -0.2) is 11.2 Å². The van der Waals surface area contributed by atoms with Crippen LogP contribution in [0.1, 0.15) is 73.1 Å². The second-order valence-corrected chi connectivity index (χ2v) is 6.07. The molecule has 16 heavy (non-hydrogen) atoms. The number of aliphatic hydroxyl groups is 1. The van der Waals surface area contributed by atoms with Gasteiger partial charge in [-0.3, -0.25) is 0 Å². The molecule has 0 rings (SSSR count). The van der Waals surface area contributed by atoms with Crippen molar-refractivity contribution in [2.75, 3.05) is 0 Å². The Morgan fingerprint density at radius 1 is 0.875 bits per heavy atom. The summed E-state index contributed by atoms with van der Waals surface area (Å²) in [7, 11) is 0. The lowest BCUT2D eigenvalue weighted by atomic mass is 9.91. The van der Waals surface area contributed by atoms with E-state index < -0.39 is 0 Å². The molecule has 0 aliphatic carbocycles. The van der Waals surface area contributed by atoms with Crippen molar-refractivity contribution in [2.24, 2.45) is 17.8 Å². The fourth-order valence-corrected chi connectivity index (χ4v) is 2.18. The van der Waals surface area contributed by atoms with E-state index in [0.29, 0.717) is 11.8 Å². The summed E-state index contributed by atoms with van der Waals surface area (Å²) in [5.74, 6) is 2.16. The van der Waals surface area contributed by atoms with Gasteiger partial charge in [0.15, 0.2) is 0 Å². The predicted molar refractivity (Wildman–Crippen MR) is 72.5 cm³/mol. The summed E-state index contributed by atoms with van der Waals surface area (Å²) < 4.78 is 0. The van der Waals surface area contributed by atoms with Crippen LogP contribution in [0.2, 0.25) is 0 Å². The van der Waals surface area contributed by atoms with E-state index in [-0.39, 0.29) is 6.10 Å². The van der Waals surface area contributed by atoms with Crippen LogP contribution in [0.4, 0.5) is 0 Å². The maximum Gasteiger partial charge on any atom is 0.0545 e. The van der Waals surface area contributed by atoms with Gasteiger partial charge in [-0.25, -0.2) is 0 Å². The molecule has 0 saturated heterocycles. The molecule has 0 aromatic heterocycles. The third kappa shape index (κ3) is 9.21. The molecule has 0 aliphatic heterocycles. The van der Waals surface area contributed by atoms with E-state index in [2.05, 4.69) is 34.6 Å². The highest BCUT2D eigenvalue weighted by atomic mass is 16.3. The number of rotatable bonds is 9. The molecule has 0 saturated carbocycles. The van der Waals surface area contributed by atoms with Crippen molar-refractivity contribution in [2.45, 2.75) is 79.2 Å². The van der Waals surface area contributed by atoms with Gasteiger partial charge in [0.05, 0.1) is 6.10 Å². The first-order chi connectivity index (χ1) is 7.45. The normalized spacial score (nSPS) is 17.4. The predicted octanol–water partition coefficient (Wildman–Crippen LogP) is 4.64. The van der Waals surface area contributed by atoms with Crippen molar-refractivity contribution in [1.29, 1.82) is 0 Å². The van der Waals surface area contributed by atoms with Gasteiger partial charge in [0.1, 0.15) is 0 Å². The second-order valence-electron chi connectivity index (χ2n) is 6.07. The van der Waals surface area contributed by atoms with Gasteiger partial charge < -0.3 is 5.11 Å². The Morgan fingerprint density at radius 3 is 1.94 bits per heavy atom. The van der Waals surface area contributed by atoms with E-state index >= 15 is 0 Å². The summed E-state index contributed by atoms with van der Waals surface area (Å²) in [6.45, 7) is 11.3. The molecule has 98 valence electrons. The van der Waals surface area contributed by atoms with Crippen LogP contribution in [-0.2, 0) is 0 Å². The summed E-state index contributed by atoms with van der Waals surface area (Å²) in [5.41, 5.74) is 0. The Kier molecular flexibility index (Phi) is 9.02. The zero-order chi connectivity index (χ0) is 12.6. The van der Waals surface area contributed by atoms with E-state index in [1.165, 1.54) is 25.7 Å². The maximum atomic E-state index is 9.93. The summed E-state index contributed by atoms with van der Waals surface area (Å²) in [6.07, 6.45) is 6.98. The molecule has 1 heteroatoms. The lowest BCUT2D eigenvalue weighted by Gasteiger charge is -2.19. The van der Waals surface area contributed by atoms with E-state index in [1.807, 2.05) is 0 Å². The third-order valence-electron chi connectivity index (χ3n) is 3.52. The molecule has 0 fully saturated rings. The SMILES string of the molecule is CC[C@H](C)C[C@H](O)C[C@@H](C)CCCC(C)C. The van der Waals surface area contributed by atoms with Crippen LogP contribution in [0.3, 0.4) is 0 Å². The van der Waals surface area contributed by atoms with Gasteiger partial charge in [-0.15, -0.1) is 0 Å². The topological polar surface area (TPSA) is 20.2 Å². The van der Waals surface area contributed by atoms with Crippen LogP contribution in [0.15, 0.2) is 0 Å². The Balaban J connectivity index is 3.57. The number of hydrogen-bond acceptors (Lipinski definition) is 1. The minimum atomic E-state index is -0.0796. The lowest BCUT2D eigenvalue weighted by Crippen LogP contribution is -2.15. The largest absolute Gasteiger partial charge is 0.393 e. The molecule has 3 atom stereocenters. The zero-order valence-corrected chi connectivity index (χ0v) is 12.0. The molecule has 0 aromatic carbocycles.